The highest BCUT2D eigenvalue weighted by molar-refractivity contribution is 9.10. The average Bonchev–Trinajstić information content (AvgIpc) is 3.53. The van der Waals surface area contributed by atoms with E-state index in [1.807, 2.05) is 20.8 Å². The molecular formula is C22H33BrN6O5. The topological polar surface area (TPSA) is 118 Å². The van der Waals surface area contributed by atoms with Crippen molar-refractivity contribution in [3.8, 4) is 0 Å². The van der Waals surface area contributed by atoms with E-state index in [2.05, 4.69) is 31.7 Å². The van der Waals surface area contributed by atoms with Crippen molar-refractivity contribution in [2.75, 3.05) is 32.8 Å². The minimum Gasteiger partial charge on any atom is -0.444 e. The molecule has 3 fully saturated rings. The summed E-state index contributed by atoms with van der Waals surface area (Å²) in [6, 6.07) is 1.69. The highest BCUT2D eigenvalue weighted by Crippen LogP contribution is 2.24. The summed E-state index contributed by atoms with van der Waals surface area (Å²) in [5.41, 5.74) is -0.245. The summed E-state index contributed by atoms with van der Waals surface area (Å²) in [6.07, 6.45) is 1.51. The Hall–Kier alpha value is -2.18. The van der Waals surface area contributed by atoms with Crippen molar-refractivity contribution in [3.63, 3.8) is 0 Å². The van der Waals surface area contributed by atoms with E-state index in [9.17, 15) is 14.4 Å². The second kappa shape index (κ2) is 10.2. The van der Waals surface area contributed by atoms with Gasteiger partial charge in [0.2, 0.25) is 12.3 Å². The SMILES string of the molecule is CC(C)(C)OC(=O)N1CCCC1NC(=O)C1CCN(C(=O)c2cc(Br)n(C3NCCO3)n2)CC1. The molecule has 1 aromatic rings. The van der Waals surface area contributed by atoms with Crippen molar-refractivity contribution in [1.29, 1.82) is 0 Å². The average molecular weight is 541 g/mol. The zero-order valence-electron chi connectivity index (χ0n) is 19.9. The van der Waals surface area contributed by atoms with Gasteiger partial charge in [-0.05, 0) is 62.4 Å². The van der Waals surface area contributed by atoms with Gasteiger partial charge >= 0.3 is 6.09 Å². The number of nitrogens with zero attached hydrogens (tertiary/aromatic N) is 4. The molecule has 4 rings (SSSR count). The van der Waals surface area contributed by atoms with Gasteiger partial charge < -0.3 is 19.7 Å². The first kappa shape index (κ1) is 24.9. The number of ether oxygens (including phenoxy) is 2. The maximum absolute atomic E-state index is 13.0. The quantitative estimate of drug-likeness (QED) is 0.599. The number of hydrogen-bond donors (Lipinski definition) is 2. The Morgan fingerprint density at radius 3 is 2.59 bits per heavy atom. The smallest absolute Gasteiger partial charge is 0.411 e. The molecule has 34 heavy (non-hydrogen) atoms. The lowest BCUT2D eigenvalue weighted by Gasteiger charge is -2.33. The van der Waals surface area contributed by atoms with E-state index in [4.69, 9.17) is 9.47 Å². The predicted octanol–water partition coefficient (Wildman–Crippen LogP) is 2.05. The lowest BCUT2D eigenvalue weighted by atomic mass is 9.95. The predicted molar refractivity (Wildman–Crippen MR) is 126 cm³/mol. The first-order valence-electron chi connectivity index (χ1n) is 11.8. The van der Waals surface area contributed by atoms with Crippen molar-refractivity contribution in [2.45, 2.75) is 64.6 Å². The fraction of sp³-hybridized carbons (Fsp3) is 0.727. The Kier molecular flexibility index (Phi) is 7.48. The fourth-order valence-electron chi connectivity index (χ4n) is 4.45. The molecule has 1 aromatic heterocycles. The number of piperidine rings is 1. The molecule has 3 saturated heterocycles. The minimum atomic E-state index is -0.584. The summed E-state index contributed by atoms with van der Waals surface area (Å²) >= 11 is 3.44. The summed E-state index contributed by atoms with van der Waals surface area (Å²) in [5.74, 6) is -0.447. The summed E-state index contributed by atoms with van der Waals surface area (Å²) in [7, 11) is 0. The highest BCUT2D eigenvalue weighted by Gasteiger charge is 2.36. The zero-order valence-corrected chi connectivity index (χ0v) is 21.5. The molecule has 3 aliphatic heterocycles. The van der Waals surface area contributed by atoms with Gasteiger partial charge in [-0.25, -0.2) is 9.48 Å². The zero-order chi connectivity index (χ0) is 24.5. The van der Waals surface area contributed by atoms with Crippen molar-refractivity contribution in [3.05, 3.63) is 16.4 Å². The molecule has 3 amide bonds. The summed E-state index contributed by atoms with van der Waals surface area (Å²) < 4.78 is 13.3. The van der Waals surface area contributed by atoms with Gasteiger partial charge in [-0.3, -0.25) is 19.8 Å². The molecule has 0 radical (unpaired) electrons. The third-order valence-corrected chi connectivity index (χ3v) is 6.76. The number of likely N-dealkylation sites (tertiary alicyclic amines) is 2. The van der Waals surface area contributed by atoms with E-state index in [0.717, 1.165) is 13.0 Å². The number of halogens is 1. The fourth-order valence-corrected chi connectivity index (χ4v) is 4.94. The van der Waals surface area contributed by atoms with Gasteiger partial charge in [0.1, 0.15) is 16.4 Å². The van der Waals surface area contributed by atoms with Crippen molar-refractivity contribution in [2.24, 2.45) is 5.92 Å². The molecule has 0 saturated carbocycles. The molecule has 188 valence electrons. The van der Waals surface area contributed by atoms with Gasteiger partial charge in [0.05, 0.1) is 6.61 Å². The van der Waals surface area contributed by atoms with Crippen LogP contribution in [0.4, 0.5) is 4.79 Å². The van der Waals surface area contributed by atoms with Crippen LogP contribution in [-0.4, -0.2) is 82.0 Å². The third kappa shape index (κ3) is 5.72. The van der Waals surface area contributed by atoms with Crippen LogP contribution in [0.3, 0.4) is 0 Å². The second-order valence-corrected chi connectivity index (χ2v) is 10.7. The Morgan fingerprint density at radius 2 is 1.94 bits per heavy atom. The van der Waals surface area contributed by atoms with Crippen LogP contribution in [-0.2, 0) is 14.3 Å². The van der Waals surface area contributed by atoms with Gasteiger partial charge in [0.25, 0.3) is 5.91 Å². The molecule has 12 heteroatoms. The first-order valence-corrected chi connectivity index (χ1v) is 12.6. The standard InChI is InChI=1S/C22H33BrN6O5/c1-22(2,3)34-21(32)28-9-4-5-17(28)25-18(30)14-6-10-27(11-7-14)19(31)15-13-16(23)29(26-15)20-24-8-12-33-20/h13-14,17,20,24H,4-12H2,1-3H3,(H,25,30). The molecule has 2 atom stereocenters. The highest BCUT2D eigenvalue weighted by atomic mass is 79.9. The number of carbonyl (C=O) groups excluding carboxylic acids is 3. The lowest BCUT2D eigenvalue weighted by Crippen LogP contribution is -2.51. The van der Waals surface area contributed by atoms with Gasteiger partial charge in [-0.2, -0.15) is 5.10 Å². The molecule has 2 N–H and O–H groups in total. The van der Waals surface area contributed by atoms with E-state index < -0.39 is 11.7 Å². The van der Waals surface area contributed by atoms with E-state index in [1.165, 1.54) is 0 Å². The first-order chi connectivity index (χ1) is 16.1. The number of amides is 3. The molecule has 2 unspecified atom stereocenters. The summed E-state index contributed by atoms with van der Waals surface area (Å²) in [4.78, 5) is 41.7. The van der Waals surface area contributed by atoms with Crippen LogP contribution in [0.25, 0.3) is 0 Å². The third-order valence-electron chi connectivity index (χ3n) is 6.17. The number of hydrogen-bond acceptors (Lipinski definition) is 7. The monoisotopic (exact) mass is 540 g/mol. The van der Waals surface area contributed by atoms with E-state index in [0.29, 0.717) is 55.8 Å². The second-order valence-electron chi connectivity index (χ2n) is 9.88. The number of rotatable bonds is 4. The van der Waals surface area contributed by atoms with Crippen LogP contribution in [0.5, 0.6) is 0 Å². The van der Waals surface area contributed by atoms with Gasteiger partial charge in [-0.15, -0.1) is 0 Å². The normalized spacial score (nSPS) is 23.9. The van der Waals surface area contributed by atoms with Crippen LogP contribution >= 0.6 is 15.9 Å². The van der Waals surface area contributed by atoms with Crippen molar-refractivity contribution >= 4 is 33.8 Å². The lowest BCUT2D eigenvalue weighted by molar-refractivity contribution is -0.127. The maximum Gasteiger partial charge on any atom is 0.411 e. The molecular weight excluding hydrogens is 508 g/mol. The Morgan fingerprint density at radius 1 is 1.21 bits per heavy atom. The van der Waals surface area contributed by atoms with Crippen molar-refractivity contribution < 1.29 is 23.9 Å². The van der Waals surface area contributed by atoms with E-state index in [1.54, 1.807) is 20.5 Å². The molecule has 0 spiro atoms. The van der Waals surface area contributed by atoms with Crippen molar-refractivity contribution in [1.82, 2.24) is 30.2 Å². The largest absolute Gasteiger partial charge is 0.444 e. The van der Waals surface area contributed by atoms with Crippen LogP contribution in [0.2, 0.25) is 0 Å². The molecule has 0 bridgehead atoms. The Labute approximate surface area is 207 Å². The summed E-state index contributed by atoms with van der Waals surface area (Å²) in [6.45, 7) is 8.31. The molecule has 0 aliphatic carbocycles. The summed E-state index contributed by atoms with van der Waals surface area (Å²) in [5, 5.41) is 10.6. The maximum atomic E-state index is 13.0. The van der Waals surface area contributed by atoms with Gasteiger partial charge in [-0.1, -0.05) is 0 Å². The number of nitrogens with one attached hydrogen (secondary N) is 2. The van der Waals surface area contributed by atoms with Crippen LogP contribution in [0.15, 0.2) is 10.7 Å². The molecule has 11 nitrogen and oxygen atoms in total. The number of aromatic nitrogens is 2. The minimum absolute atomic E-state index is 0.0796. The van der Waals surface area contributed by atoms with E-state index in [-0.39, 0.29) is 30.2 Å². The van der Waals surface area contributed by atoms with Gasteiger partial charge in [0.15, 0.2) is 5.69 Å². The number of carbonyl (C=O) groups is 3. The molecule has 3 aliphatic rings. The van der Waals surface area contributed by atoms with Crippen LogP contribution in [0, 0.1) is 5.92 Å². The van der Waals surface area contributed by atoms with Crippen LogP contribution < -0.4 is 10.6 Å². The van der Waals surface area contributed by atoms with E-state index >= 15 is 0 Å². The Bertz CT molecular complexity index is 917. The Balaban J connectivity index is 1.29. The molecule has 0 aromatic carbocycles. The molecule has 4 heterocycles. The van der Waals surface area contributed by atoms with Crippen LogP contribution in [0.1, 0.15) is 63.3 Å². The van der Waals surface area contributed by atoms with Gasteiger partial charge in [0, 0.05) is 38.2 Å².